The second-order valence-corrected chi connectivity index (χ2v) is 6.44. The van der Waals surface area contributed by atoms with Gasteiger partial charge >= 0.3 is 0 Å². The summed E-state index contributed by atoms with van der Waals surface area (Å²) >= 11 is 1.52. The van der Waals surface area contributed by atoms with Gasteiger partial charge in [-0.05, 0) is 55.3 Å². The molecule has 1 aromatic carbocycles. The molecule has 0 fully saturated rings. The molecule has 1 unspecified atom stereocenters. The third-order valence-corrected chi connectivity index (χ3v) is 4.82. The van der Waals surface area contributed by atoms with Crippen LogP contribution in [0, 0.1) is 5.82 Å². The SMILES string of the molecule is CC(N)c1cc(F)ccc1Sc1nnc2n1CCCCC2. The van der Waals surface area contributed by atoms with Gasteiger partial charge in [-0.3, -0.25) is 0 Å². The van der Waals surface area contributed by atoms with E-state index in [4.69, 9.17) is 5.73 Å². The van der Waals surface area contributed by atoms with Crippen molar-refractivity contribution < 1.29 is 4.39 Å². The third-order valence-electron chi connectivity index (χ3n) is 3.74. The molecule has 1 aliphatic rings. The molecule has 2 aromatic rings. The zero-order valence-corrected chi connectivity index (χ0v) is 12.9. The van der Waals surface area contributed by atoms with Crippen molar-refractivity contribution in [3.05, 3.63) is 35.4 Å². The van der Waals surface area contributed by atoms with Gasteiger partial charge in [-0.2, -0.15) is 0 Å². The van der Waals surface area contributed by atoms with E-state index in [0.717, 1.165) is 40.8 Å². The first kappa shape index (κ1) is 14.5. The Morgan fingerprint density at radius 2 is 2.14 bits per heavy atom. The summed E-state index contributed by atoms with van der Waals surface area (Å²) in [6.45, 7) is 2.82. The number of fused-ring (bicyclic) bond motifs is 1. The summed E-state index contributed by atoms with van der Waals surface area (Å²) < 4.78 is 15.6. The molecule has 4 nitrogen and oxygen atoms in total. The Balaban J connectivity index is 1.92. The molecule has 1 aliphatic heterocycles. The lowest BCUT2D eigenvalue weighted by molar-refractivity contribution is 0.590. The molecule has 0 bridgehead atoms. The van der Waals surface area contributed by atoms with E-state index in [1.54, 1.807) is 6.07 Å². The van der Waals surface area contributed by atoms with E-state index in [1.807, 2.05) is 6.92 Å². The van der Waals surface area contributed by atoms with Crippen LogP contribution in [0.5, 0.6) is 0 Å². The standard InChI is InChI=1S/C15H19FN4S/c1-10(17)12-9-11(16)6-7-13(12)21-15-19-18-14-5-3-2-4-8-20(14)15/h6-7,9-10H,2-5,8,17H2,1H3. The molecule has 0 aliphatic carbocycles. The molecule has 6 heteroatoms. The van der Waals surface area contributed by atoms with Gasteiger partial charge < -0.3 is 10.3 Å². The van der Waals surface area contributed by atoms with Crippen LogP contribution in [0.15, 0.2) is 28.3 Å². The number of nitrogens with zero attached hydrogens (tertiary/aromatic N) is 3. The summed E-state index contributed by atoms with van der Waals surface area (Å²) in [6.07, 6.45) is 4.54. The van der Waals surface area contributed by atoms with Crippen molar-refractivity contribution in [2.75, 3.05) is 0 Å². The highest BCUT2D eigenvalue weighted by Gasteiger charge is 2.17. The van der Waals surface area contributed by atoms with Crippen molar-refractivity contribution in [2.45, 2.75) is 55.2 Å². The van der Waals surface area contributed by atoms with Crippen LogP contribution in [-0.2, 0) is 13.0 Å². The van der Waals surface area contributed by atoms with Crippen LogP contribution in [0.3, 0.4) is 0 Å². The molecule has 3 rings (SSSR count). The Labute approximate surface area is 127 Å². The van der Waals surface area contributed by atoms with Crippen molar-refractivity contribution >= 4 is 11.8 Å². The minimum Gasteiger partial charge on any atom is -0.324 e. The maximum absolute atomic E-state index is 13.4. The first-order chi connectivity index (χ1) is 10.1. The maximum Gasteiger partial charge on any atom is 0.196 e. The number of halogens is 1. The number of nitrogens with two attached hydrogens (primary N) is 1. The molecule has 21 heavy (non-hydrogen) atoms. The van der Waals surface area contributed by atoms with Crippen molar-refractivity contribution in [2.24, 2.45) is 5.73 Å². The number of hydrogen-bond donors (Lipinski definition) is 1. The fourth-order valence-electron chi connectivity index (χ4n) is 2.60. The second kappa shape index (κ2) is 6.15. The molecule has 0 saturated carbocycles. The fourth-order valence-corrected chi connectivity index (χ4v) is 3.68. The van der Waals surface area contributed by atoms with Crippen molar-refractivity contribution in [1.82, 2.24) is 14.8 Å². The van der Waals surface area contributed by atoms with E-state index >= 15 is 0 Å². The summed E-state index contributed by atoms with van der Waals surface area (Å²) in [5.74, 6) is 0.797. The molecule has 1 atom stereocenters. The highest BCUT2D eigenvalue weighted by molar-refractivity contribution is 7.99. The molecule has 1 aromatic heterocycles. The fraction of sp³-hybridized carbons (Fsp3) is 0.467. The number of aryl methyl sites for hydroxylation is 1. The van der Waals surface area contributed by atoms with Crippen molar-refractivity contribution in [1.29, 1.82) is 0 Å². The van der Waals surface area contributed by atoms with Gasteiger partial charge in [0.05, 0.1) is 0 Å². The Morgan fingerprint density at radius 3 is 2.95 bits per heavy atom. The molecular formula is C15H19FN4S. The predicted octanol–water partition coefficient (Wildman–Crippen LogP) is 3.31. The van der Waals surface area contributed by atoms with Crippen molar-refractivity contribution in [3.8, 4) is 0 Å². The molecule has 0 saturated heterocycles. The van der Waals surface area contributed by atoms with Crippen LogP contribution >= 0.6 is 11.8 Å². The van der Waals surface area contributed by atoms with Gasteiger partial charge in [0.15, 0.2) is 5.16 Å². The Bertz CT molecular complexity index is 639. The summed E-state index contributed by atoms with van der Waals surface area (Å²) in [6, 6.07) is 4.53. The minimum absolute atomic E-state index is 0.213. The monoisotopic (exact) mass is 306 g/mol. The Hall–Kier alpha value is -1.40. The highest BCUT2D eigenvalue weighted by Crippen LogP contribution is 2.33. The molecule has 112 valence electrons. The van der Waals surface area contributed by atoms with Gasteiger partial charge in [-0.1, -0.05) is 6.42 Å². The van der Waals surface area contributed by atoms with Gasteiger partial charge in [0.2, 0.25) is 0 Å². The van der Waals surface area contributed by atoms with Crippen LogP contribution in [0.2, 0.25) is 0 Å². The highest BCUT2D eigenvalue weighted by atomic mass is 32.2. The van der Waals surface area contributed by atoms with E-state index in [1.165, 1.54) is 36.7 Å². The summed E-state index contributed by atoms with van der Waals surface area (Å²) in [7, 11) is 0. The molecule has 2 heterocycles. The van der Waals surface area contributed by atoms with Crippen LogP contribution in [0.25, 0.3) is 0 Å². The zero-order valence-electron chi connectivity index (χ0n) is 12.1. The van der Waals surface area contributed by atoms with E-state index < -0.39 is 0 Å². The largest absolute Gasteiger partial charge is 0.324 e. The summed E-state index contributed by atoms with van der Waals surface area (Å²) in [5, 5.41) is 9.47. The lowest BCUT2D eigenvalue weighted by Gasteiger charge is -2.13. The first-order valence-corrected chi connectivity index (χ1v) is 8.12. The molecular weight excluding hydrogens is 287 g/mol. The Kier molecular flexibility index (Phi) is 4.26. The van der Waals surface area contributed by atoms with Crippen LogP contribution in [0.4, 0.5) is 4.39 Å². The van der Waals surface area contributed by atoms with Crippen LogP contribution in [0.1, 0.15) is 43.6 Å². The number of rotatable bonds is 3. The smallest absolute Gasteiger partial charge is 0.196 e. The first-order valence-electron chi connectivity index (χ1n) is 7.30. The van der Waals surface area contributed by atoms with Crippen LogP contribution < -0.4 is 5.73 Å². The molecule has 0 radical (unpaired) electrons. The Morgan fingerprint density at radius 1 is 1.29 bits per heavy atom. The van der Waals surface area contributed by atoms with Gasteiger partial charge in [0, 0.05) is 23.9 Å². The maximum atomic E-state index is 13.4. The van der Waals surface area contributed by atoms with Gasteiger partial charge in [-0.25, -0.2) is 4.39 Å². The van der Waals surface area contributed by atoms with E-state index in [2.05, 4.69) is 14.8 Å². The van der Waals surface area contributed by atoms with Gasteiger partial charge in [-0.15, -0.1) is 10.2 Å². The summed E-state index contributed by atoms with van der Waals surface area (Å²) in [4.78, 5) is 0.950. The predicted molar refractivity (Wildman–Crippen MR) is 80.7 cm³/mol. The molecule has 0 spiro atoms. The topological polar surface area (TPSA) is 56.7 Å². The quantitative estimate of drug-likeness (QED) is 0.945. The van der Waals surface area contributed by atoms with E-state index in [-0.39, 0.29) is 11.9 Å². The lowest BCUT2D eigenvalue weighted by Crippen LogP contribution is -2.07. The lowest BCUT2D eigenvalue weighted by atomic mass is 10.1. The van der Waals surface area contributed by atoms with Crippen molar-refractivity contribution in [3.63, 3.8) is 0 Å². The average molecular weight is 306 g/mol. The van der Waals surface area contributed by atoms with Crippen LogP contribution in [-0.4, -0.2) is 14.8 Å². The van der Waals surface area contributed by atoms with E-state index in [9.17, 15) is 4.39 Å². The zero-order chi connectivity index (χ0) is 14.8. The average Bonchev–Trinajstić information content (AvgIpc) is 2.69. The summed E-state index contributed by atoms with van der Waals surface area (Å²) in [5.41, 5.74) is 6.76. The van der Waals surface area contributed by atoms with Gasteiger partial charge in [0.1, 0.15) is 11.6 Å². The minimum atomic E-state index is -0.258. The number of hydrogen-bond acceptors (Lipinski definition) is 4. The molecule has 0 amide bonds. The third kappa shape index (κ3) is 3.11. The number of benzene rings is 1. The normalized spacial score (nSPS) is 16.3. The molecule has 2 N–H and O–H groups in total. The number of aromatic nitrogens is 3. The van der Waals surface area contributed by atoms with Gasteiger partial charge in [0.25, 0.3) is 0 Å². The van der Waals surface area contributed by atoms with E-state index in [0.29, 0.717) is 0 Å². The second-order valence-electron chi connectivity index (χ2n) is 5.43.